The second kappa shape index (κ2) is 26.3. The fraction of sp³-hybridized carbons (Fsp3) is 0.333. The molecular weight excluding hydrogens is 1030 g/mol. The predicted octanol–water partition coefficient (Wildman–Crippen LogP) is 10.6. The maximum atomic E-state index is 2.33. The van der Waals surface area contributed by atoms with E-state index in [0.717, 1.165) is 11.3 Å². The van der Waals surface area contributed by atoms with Gasteiger partial charge in [0, 0.05) is 42.1 Å². The average Bonchev–Trinajstić information content (AvgIpc) is 3.01. The molecule has 0 bridgehead atoms. The Morgan fingerprint density at radius 1 is 0.318 bits per heavy atom. The maximum absolute atomic E-state index is 2.33. The van der Waals surface area contributed by atoms with Crippen LogP contribution in [0.25, 0.3) is 0 Å². The van der Waals surface area contributed by atoms with Crippen LogP contribution >= 0.6 is 65.5 Å². The molecular formula is C36H46Cl4P2Pt2. The molecule has 0 atom stereocenters. The molecule has 2 aliphatic carbocycles. The van der Waals surface area contributed by atoms with E-state index < -0.39 is 0 Å². The van der Waals surface area contributed by atoms with Gasteiger partial charge in [0.2, 0.25) is 0 Å². The minimum atomic E-state index is -0.169. The summed E-state index contributed by atoms with van der Waals surface area (Å²) in [4.78, 5) is 0. The molecule has 2 fully saturated rings. The fourth-order valence-corrected chi connectivity index (χ4v) is 12.2. The Labute approximate surface area is 322 Å². The summed E-state index contributed by atoms with van der Waals surface area (Å²) in [5.41, 5.74) is 1.77. The standard InChI is InChI=1S/2C18H21P.4ClH.2Pt/c2*1-4-10-16(11-5-1)19(17-12-6-2-7-13-17)18-14-8-3-9-15-18;;;;;;/h2*1-2,4-7,10-13,18H,3,8-9,14-15H2;4*1H;;. The van der Waals surface area contributed by atoms with Crippen LogP contribution in [0, 0.1) is 0 Å². The van der Waals surface area contributed by atoms with Gasteiger partial charge in [0.15, 0.2) is 0 Å². The molecule has 0 radical (unpaired) electrons. The molecule has 0 aromatic heterocycles. The largest absolute Gasteiger partial charge is 0.147 e. The Balaban J connectivity index is 0. The van der Waals surface area contributed by atoms with Gasteiger partial charge in [0.25, 0.3) is 0 Å². The summed E-state index contributed by atoms with van der Waals surface area (Å²) in [6.45, 7) is 0. The molecule has 0 N–H and O–H groups in total. The van der Waals surface area contributed by atoms with E-state index in [1.807, 2.05) is 0 Å². The Bertz CT molecular complexity index is 1020. The van der Waals surface area contributed by atoms with Crippen LogP contribution in [0.4, 0.5) is 0 Å². The van der Waals surface area contributed by atoms with Gasteiger partial charge in [-0.3, -0.25) is 0 Å². The summed E-state index contributed by atoms with van der Waals surface area (Å²) in [6, 6.07) is 44.7. The Morgan fingerprint density at radius 2 is 0.523 bits per heavy atom. The molecule has 0 nitrogen and oxygen atoms in total. The van der Waals surface area contributed by atoms with Crippen molar-refractivity contribution >= 4 is 86.7 Å². The van der Waals surface area contributed by atoms with Crippen LogP contribution in [-0.2, 0) is 42.1 Å². The predicted molar refractivity (Wildman–Crippen MR) is 201 cm³/mol. The first-order chi connectivity index (χ1) is 18.9. The monoisotopic (exact) mass is 1070 g/mol. The van der Waals surface area contributed by atoms with E-state index in [-0.39, 0.29) is 108 Å². The molecule has 0 saturated heterocycles. The maximum Gasteiger partial charge on any atom is 0 e. The van der Waals surface area contributed by atoms with Crippen LogP contribution in [0.15, 0.2) is 121 Å². The fourth-order valence-electron chi connectivity index (χ4n) is 6.17. The van der Waals surface area contributed by atoms with E-state index >= 15 is 0 Å². The van der Waals surface area contributed by atoms with Crippen molar-refractivity contribution in [1.29, 1.82) is 0 Å². The molecule has 2 aliphatic rings. The zero-order valence-corrected chi connectivity index (χ0v) is 34.5. The van der Waals surface area contributed by atoms with E-state index in [1.165, 1.54) is 64.2 Å². The zero-order valence-electron chi connectivity index (χ0n) is 24.9. The first kappa shape index (κ1) is 46.4. The van der Waals surface area contributed by atoms with E-state index in [1.54, 1.807) is 21.2 Å². The summed E-state index contributed by atoms with van der Waals surface area (Å²) < 4.78 is 0. The molecule has 44 heavy (non-hydrogen) atoms. The second-order valence-electron chi connectivity index (χ2n) is 10.7. The average molecular weight is 1070 g/mol. The van der Waals surface area contributed by atoms with Crippen LogP contribution in [-0.4, -0.2) is 11.3 Å². The third-order valence-corrected chi connectivity index (χ3v) is 13.9. The molecule has 248 valence electrons. The quantitative estimate of drug-likeness (QED) is 0.169. The van der Waals surface area contributed by atoms with Crippen molar-refractivity contribution in [2.75, 3.05) is 0 Å². The van der Waals surface area contributed by atoms with Gasteiger partial charge in [0.1, 0.15) is 0 Å². The number of benzene rings is 4. The molecule has 8 heteroatoms. The smallest absolute Gasteiger partial charge is 0 e. The molecule has 0 amide bonds. The normalized spacial score (nSPS) is 14.4. The van der Waals surface area contributed by atoms with Gasteiger partial charge in [0.05, 0.1) is 0 Å². The molecule has 4 aromatic carbocycles. The van der Waals surface area contributed by atoms with Gasteiger partial charge in [-0.1, -0.05) is 160 Å². The summed E-state index contributed by atoms with van der Waals surface area (Å²) in [5, 5.41) is 6.21. The summed E-state index contributed by atoms with van der Waals surface area (Å²) in [7, 11) is -0.338. The first-order valence-corrected chi connectivity index (χ1v) is 17.5. The first-order valence-electron chi connectivity index (χ1n) is 14.7. The Hall–Kier alpha value is 0.277. The minimum Gasteiger partial charge on any atom is -0.147 e. The number of rotatable bonds is 6. The zero-order chi connectivity index (χ0) is 25.8. The molecule has 2 saturated carbocycles. The van der Waals surface area contributed by atoms with Crippen molar-refractivity contribution in [2.45, 2.75) is 75.5 Å². The summed E-state index contributed by atoms with van der Waals surface area (Å²) in [6.07, 6.45) is 14.2. The SMILES string of the molecule is Cl.Cl.Cl.Cl.[Pt].[Pt].c1ccc(P(c2ccccc2)C2CCCCC2)cc1.c1ccc(P(c2ccccc2)C2CCCCC2)cc1. The molecule has 0 spiro atoms. The Kier molecular flexibility index (Phi) is 27.7. The summed E-state index contributed by atoms with van der Waals surface area (Å²) >= 11 is 0. The number of hydrogen-bond donors (Lipinski definition) is 0. The van der Waals surface area contributed by atoms with Crippen molar-refractivity contribution in [1.82, 2.24) is 0 Å². The van der Waals surface area contributed by atoms with Crippen molar-refractivity contribution in [3.63, 3.8) is 0 Å². The van der Waals surface area contributed by atoms with Crippen LogP contribution in [0.3, 0.4) is 0 Å². The van der Waals surface area contributed by atoms with Gasteiger partial charge >= 0.3 is 0 Å². The van der Waals surface area contributed by atoms with Crippen LogP contribution in [0.1, 0.15) is 64.2 Å². The van der Waals surface area contributed by atoms with Crippen LogP contribution in [0.2, 0.25) is 0 Å². The van der Waals surface area contributed by atoms with E-state index in [9.17, 15) is 0 Å². The van der Waals surface area contributed by atoms with Crippen LogP contribution in [0.5, 0.6) is 0 Å². The minimum absolute atomic E-state index is 0. The van der Waals surface area contributed by atoms with Crippen LogP contribution < -0.4 is 21.2 Å². The Morgan fingerprint density at radius 3 is 0.727 bits per heavy atom. The molecule has 0 aliphatic heterocycles. The molecule has 6 rings (SSSR count). The van der Waals surface area contributed by atoms with Crippen molar-refractivity contribution in [2.24, 2.45) is 0 Å². The molecule has 0 heterocycles. The van der Waals surface area contributed by atoms with Gasteiger partial charge < -0.3 is 0 Å². The van der Waals surface area contributed by atoms with E-state index in [2.05, 4.69) is 121 Å². The van der Waals surface area contributed by atoms with Crippen molar-refractivity contribution < 1.29 is 42.1 Å². The second-order valence-corrected chi connectivity index (χ2v) is 15.7. The van der Waals surface area contributed by atoms with E-state index in [4.69, 9.17) is 0 Å². The third kappa shape index (κ3) is 13.8. The van der Waals surface area contributed by atoms with Gasteiger partial charge in [-0.05, 0) is 74.1 Å². The van der Waals surface area contributed by atoms with Gasteiger partial charge in [-0.15, -0.1) is 49.6 Å². The van der Waals surface area contributed by atoms with E-state index in [0.29, 0.717) is 0 Å². The van der Waals surface area contributed by atoms with Crippen molar-refractivity contribution in [3.8, 4) is 0 Å². The third-order valence-electron chi connectivity index (χ3n) is 8.02. The number of halogens is 4. The molecule has 4 aromatic rings. The topological polar surface area (TPSA) is 0 Å². The molecule has 0 unspecified atom stereocenters. The van der Waals surface area contributed by atoms with Gasteiger partial charge in [-0.25, -0.2) is 0 Å². The number of hydrogen-bond acceptors (Lipinski definition) is 0. The van der Waals surface area contributed by atoms with Gasteiger partial charge in [-0.2, -0.15) is 0 Å². The summed E-state index contributed by atoms with van der Waals surface area (Å²) in [5.74, 6) is 0. The van der Waals surface area contributed by atoms with Crippen molar-refractivity contribution in [3.05, 3.63) is 121 Å².